The van der Waals surface area contributed by atoms with Crippen LogP contribution in [0.15, 0.2) is 0 Å². The minimum Gasteiger partial charge on any atom is -0.463 e. The molecule has 37 heavy (non-hydrogen) atoms. The molecule has 0 saturated heterocycles. The van der Waals surface area contributed by atoms with Gasteiger partial charge in [-0.05, 0) is 33.6 Å². The molecule has 0 saturated carbocycles. The lowest BCUT2D eigenvalue weighted by atomic mass is 10.00. The molecular weight excluding hydrogens is 484 g/mol. The van der Waals surface area contributed by atoms with Gasteiger partial charge in [-0.3, -0.25) is 9.59 Å². The molecule has 0 fully saturated rings. The van der Waals surface area contributed by atoms with E-state index >= 15 is 0 Å². The highest BCUT2D eigenvalue weighted by Crippen LogP contribution is 2.14. The smallest absolute Gasteiger partial charge is 0.308 e. The first-order valence-electron chi connectivity index (χ1n) is 13.6. The molecule has 0 amide bonds. The van der Waals surface area contributed by atoms with Gasteiger partial charge in [0, 0.05) is 0 Å². The van der Waals surface area contributed by atoms with E-state index in [2.05, 4.69) is 6.92 Å². The molecule has 10 nitrogen and oxygen atoms in total. The normalized spacial score (nSPS) is 12.5. The van der Waals surface area contributed by atoms with Gasteiger partial charge >= 0.3 is 11.9 Å². The molecule has 220 valence electrons. The quantitative estimate of drug-likeness (QED) is 0.120. The molecule has 1 atom stereocenters. The first-order chi connectivity index (χ1) is 17.8. The van der Waals surface area contributed by atoms with Crippen molar-refractivity contribution in [1.29, 1.82) is 0 Å². The lowest BCUT2D eigenvalue weighted by molar-refractivity contribution is -0.156. The number of esters is 2. The van der Waals surface area contributed by atoms with E-state index in [9.17, 15) is 9.59 Å². The fourth-order valence-electron chi connectivity index (χ4n) is 3.01. The molecule has 0 spiro atoms. The number of carbonyl (C=O) groups excluding carboxylic acids is 2. The highest BCUT2D eigenvalue weighted by Gasteiger charge is 2.17. The van der Waals surface area contributed by atoms with E-state index in [-0.39, 0.29) is 30.9 Å². The van der Waals surface area contributed by atoms with Gasteiger partial charge in [-0.15, -0.1) is 0 Å². The van der Waals surface area contributed by atoms with Crippen molar-refractivity contribution in [2.75, 3.05) is 85.9 Å². The molecule has 0 aromatic heterocycles. The number of hydrogen-bond donors (Lipinski definition) is 0. The van der Waals surface area contributed by atoms with Gasteiger partial charge in [-0.2, -0.15) is 0 Å². The number of hydrogen-bond acceptors (Lipinski definition) is 10. The van der Waals surface area contributed by atoms with Crippen molar-refractivity contribution < 1.29 is 47.5 Å². The van der Waals surface area contributed by atoms with Gasteiger partial charge < -0.3 is 37.9 Å². The number of carbonyl (C=O) groups is 2. The van der Waals surface area contributed by atoms with Crippen LogP contribution in [0.1, 0.15) is 66.7 Å². The van der Waals surface area contributed by atoms with E-state index in [1.165, 1.54) is 0 Å². The average molecular weight is 537 g/mol. The van der Waals surface area contributed by atoms with Crippen LogP contribution in [-0.2, 0) is 47.5 Å². The Morgan fingerprint density at radius 2 is 1.03 bits per heavy atom. The number of rotatable bonds is 26. The zero-order chi connectivity index (χ0) is 27.6. The summed E-state index contributed by atoms with van der Waals surface area (Å²) in [6.07, 6.45) is 4.06. The van der Waals surface area contributed by atoms with Crippen LogP contribution in [-0.4, -0.2) is 103 Å². The van der Waals surface area contributed by atoms with E-state index in [1.54, 1.807) is 0 Å². The van der Waals surface area contributed by atoms with Crippen molar-refractivity contribution in [3.05, 3.63) is 0 Å². The maximum atomic E-state index is 12.0. The first kappa shape index (κ1) is 35.7. The SMILES string of the molecule is CCCCC(CC)C(=O)OCCOCCOCCOCCOCCOCCOCCC(=O)OC(C)(C)C. The predicted molar refractivity (Wildman–Crippen MR) is 140 cm³/mol. The molecule has 0 rings (SSSR count). The lowest BCUT2D eigenvalue weighted by Crippen LogP contribution is -2.24. The Morgan fingerprint density at radius 3 is 1.41 bits per heavy atom. The average Bonchev–Trinajstić information content (AvgIpc) is 2.84. The second-order valence-corrected chi connectivity index (χ2v) is 9.43. The molecule has 0 N–H and O–H groups in total. The maximum absolute atomic E-state index is 12.0. The molecule has 0 aromatic rings. The topological polar surface area (TPSA) is 108 Å². The zero-order valence-corrected chi connectivity index (χ0v) is 23.9. The van der Waals surface area contributed by atoms with Crippen LogP contribution in [0.4, 0.5) is 0 Å². The first-order valence-corrected chi connectivity index (χ1v) is 13.6. The zero-order valence-electron chi connectivity index (χ0n) is 23.9. The number of ether oxygens (including phenoxy) is 8. The van der Waals surface area contributed by atoms with Gasteiger partial charge in [0.25, 0.3) is 0 Å². The van der Waals surface area contributed by atoms with Crippen LogP contribution in [0.2, 0.25) is 0 Å². The van der Waals surface area contributed by atoms with Crippen molar-refractivity contribution in [3.63, 3.8) is 0 Å². The summed E-state index contributed by atoms with van der Waals surface area (Å²) in [5, 5.41) is 0. The highest BCUT2D eigenvalue weighted by molar-refractivity contribution is 5.72. The van der Waals surface area contributed by atoms with Gasteiger partial charge in [0.1, 0.15) is 12.2 Å². The van der Waals surface area contributed by atoms with Gasteiger partial charge in [-0.25, -0.2) is 0 Å². The summed E-state index contributed by atoms with van der Waals surface area (Å²) in [7, 11) is 0. The van der Waals surface area contributed by atoms with E-state index < -0.39 is 5.60 Å². The Balaban J connectivity index is 3.26. The van der Waals surface area contributed by atoms with Crippen LogP contribution < -0.4 is 0 Å². The van der Waals surface area contributed by atoms with E-state index in [1.807, 2.05) is 27.7 Å². The van der Waals surface area contributed by atoms with Crippen molar-refractivity contribution in [2.45, 2.75) is 72.3 Å². The fraction of sp³-hybridized carbons (Fsp3) is 0.926. The molecule has 10 heteroatoms. The van der Waals surface area contributed by atoms with Crippen molar-refractivity contribution >= 4 is 11.9 Å². The van der Waals surface area contributed by atoms with Crippen molar-refractivity contribution in [1.82, 2.24) is 0 Å². The fourth-order valence-corrected chi connectivity index (χ4v) is 3.01. The molecule has 0 aliphatic rings. The second kappa shape index (κ2) is 25.0. The Kier molecular flexibility index (Phi) is 24.1. The van der Waals surface area contributed by atoms with Gasteiger partial charge in [0.05, 0.1) is 91.6 Å². The van der Waals surface area contributed by atoms with Crippen LogP contribution in [0.3, 0.4) is 0 Å². The third-order valence-electron chi connectivity index (χ3n) is 4.93. The minimum absolute atomic E-state index is 0.00306. The van der Waals surface area contributed by atoms with Crippen LogP contribution in [0.25, 0.3) is 0 Å². The van der Waals surface area contributed by atoms with Gasteiger partial charge in [0.2, 0.25) is 0 Å². The van der Waals surface area contributed by atoms with Gasteiger partial charge in [0.15, 0.2) is 0 Å². The minimum atomic E-state index is -0.471. The number of unbranched alkanes of at least 4 members (excludes halogenated alkanes) is 1. The molecule has 0 aliphatic heterocycles. The largest absolute Gasteiger partial charge is 0.463 e. The van der Waals surface area contributed by atoms with E-state index in [0.29, 0.717) is 79.3 Å². The van der Waals surface area contributed by atoms with E-state index in [4.69, 9.17) is 37.9 Å². The van der Waals surface area contributed by atoms with Crippen LogP contribution in [0, 0.1) is 5.92 Å². The van der Waals surface area contributed by atoms with Crippen LogP contribution >= 0.6 is 0 Å². The monoisotopic (exact) mass is 536 g/mol. The summed E-state index contributed by atoms with van der Waals surface area (Å²) in [6, 6.07) is 0. The summed E-state index contributed by atoms with van der Waals surface area (Å²) in [4.78, 5) is 23.5. The summed E-state index contributed by atoms with van der Waals surface area (Å²) < 4.78 is 43.0. The Morgan fingerprint density at radius 1 is 0.622 bits per heavy atom. The third-order valence-corrected chi connectivity index (χ3v) is 4.93. The molecule has 0 heterocycles. The van der Waals surface area contributed by atoms with Crippen LogP contribution in [0.5, 0.6) is 0 Å². The predicted octanol–water partition coefficient (Wildman–Crippen LogP) is 3.58. The summed E-state index contributed by atoms with van der Waals surface area (Å²) >= 11 is 0. The lowest BCUT2D eigenvalue weighted by Gasteiger charge is -2.19. The third kappa shape index (κ3) is 26.1. The Labute approximate surface area is 223 Å². The highest BCUT2D eigenvalue weighted by atomic mass is 16.6. The van der Waals surface area contributed by atoms with Gasteiger partial charge in [-0.1, -0.05) is 26.7 Å². The Bertz CT molecular complexity index is 536. The second-order valence-electron chi connectivity index (χ2n) is 9.43. The standard InChI is InChI=1S/C27H52O10/c1-6-8-9-24(7-2)26(29)36-23-22-35-21-20-34-19-18-33-17-16-32-15-14-31-13-12-30-11-10-25(28)37-27(3,4)5/h24H,6-23H2,1-5H3. The molecule has 1 unspecified atom stereocenters. The molecule has 0 aromatic carbocycles. The maximum Gasteiger partial charge on any atom is 0.308 e. The van der Waals surface area contributed by atoms with Crippen molar-refractivity contribution in [3.8, 4) is 0 Å². The summed E-state index contributed by atoms with van der Waals surface area (Å²) in [6.45, 7) is 15.2. The molecule has 0 radical (unpaired) electrons. The molecule has 0 bridgehead atoms. The Hall–Kier alpha value is -1.30. The summed E-state index contributed by atoms with van der Waals surface area (Å²) in [5.74, 6) is -0.390. The molecule has 0 aliphatic carbocycles. The molecular formula is C27H52O10. The van der Waals surface area contributed by atoms with E-state index in [0.717, 1.165) is 25.7 Å². The summed E-state index contributed by atoms with van der Waals surface area (Å²) in [5.41, 5.74) is -0.471. The van der Waals surface area contributed by atoms with Crippen molar-refractivity contribution in [2.24, 2.45) is 5.92 Å².